The van der Waals surface area contributed by atoms with Crippen molar-refractivity contribution < 1.29 is 13.5 Å². The summed E-state index contributed by atoms with van der Waals surface area (Å²) in [4.78, 5) is -0.151. The number of nitrogens with zero attached hydrogens (tertiary/aromatic N) is 1. The van der Waals surface area contributed by atoms with Crippen LogP contribution >= 0.6 is 11.6 Å². The maximum absolute atomic E-state index is 12.3. The first kappa shape index (κ1) is 14.3. The second-order valence-electron chi connectivity index (χ2n) is 4.65. The van der Waals surface area contributed by atoms with Gasteiger partial charge in [0.25, 0.3) is 0 Å². The number of aliphatic hydroxyl groups is 1. The Kier molecular flexibility index (Phi) is 3.83. The molecule has 0 unspecified atom stereocenters. The topological polar surface area (TPSA) is 90.2 Å². The Morgan fingerprint density at radius 2 is 2.16 bits per heavy atom. The van der Waals surface area contributed by atoms with E-state index in [1.54, 1.807) is 0 Å². The fourth-order valence-electron chi connectivity index (χ4n) is 2.05. The van der Waals surface area contributed by atoms with Crippen LogP contribution < -0.4 is 4.72 Å². The van der Waals surface area contributed by atoms with Gasteiger partial charge in [0.1, 0.15) is 11.0 Å². The van der Waals surface area contributed by atoms with Crippen LogP contribution in [0.25, 0.3) is 0 Å². The Balaban J connectivity index is 2.40. The van der Waals surface area contributed by atoms with E-state index >= 15 is 0 Å². The molecule has 0 atom stereocenters. The molecule has 2 rings (SSSR count). The smallest absolute Gasteiger partial charge is 0.242 e. The Hall–Kier alpha value is -1.13. The van der Waals surface area contributed by atoms with Gasteiger partial charge < -0.3 is 5.11 Å². The second kappa shape index (κ2) is 5.10. The zero-order valence-electron chi connectivity index (χ0n) is 10.1. The minimum Gasteiger partial charge on any atom is -0.394 e. The molecule has 0 aliphatic heterocycles. The maximum Gasteiger partial charge on any atom is 0.242 e. The van der Waals surface area contributed by atoms with E-state index in [4.69, 9.17) is 16.9 Å². The van der Waals surface area contributed by atoms with Crippen LogP contribution in [0.1, 0.15) is 24.8 Å². The number of halogens is 1. The highest BCUT2D eigenvalue weighted by Gasteiger charge is 2.40. The SMILES string of the molecule is N#Cc1ccc(Cl)cc1S(=O)(=O)NC1(CO)CCC1. The molecule has 19 heavy (non-hydrogen) atoms. The summed E-state index contributed by atoms with van der Waals surface area (Å²) in [5, 5.41) is 18.5. The first-order valence-electron chi connectivity index (χ1n) is 5.77. The summed E-state index contributed by atoms with van der Waals surface area (Å²) in [6, 6.07) is 5.90. The van der Waals surface area contributed by atoms with Gasteiger partial charge in [0.15, 0.2) is 0 Å². The van der Waals surface area contributed by atoms with Gasteiger partial charge >= 0.3 is 0 Å². The summed E-state index contributed by atoms with van der Waals surface area (Å²) >= 11 is 5.78. The van der Waals surface area contributed by atoms with Crippen molar-refractivity contribution in [1.82, 2.24) is 4.72 Å². The van der Waals surface area contributed by atoms with Crippen molar-refractivity contribution >= 4 is 21.6 Å². The largest absolute Gasteiger partial charge is 0.394 e. The summed E-state index contributed by atoms with van der Waals surface area (Å²) in [6.07, 6.45) is 2.04. The summed E-state index contributed by atoms with van der Waals surface area (Å²) in [5.41, 5.74) is -0.766. The van der Waals surface area contributed by atoms with Crippen molar-refractivity contribution in [3.63, 3.8) is 0 Å². The van der Waals surface area contributed by atoms with Gasteiger partial charge in [0.2, 0.25) is 10.0 Å². The average Bonchev–Trinajstić information content (AvgIpc) is 2.34. The first-order valence-corrected chi connectivity index (χ1v) is 7.63. The highest BCUT2D eigenvalue weighted by atomic mass is 35.5. The lowest BCUT2D eigenvalue weighted by Gasteiger charge is -2.40. The summed E-state index contributed by atoms with van der Waals surface area (Å²) in [7, 11) is -3.87. The molecular formula is C12H13ClN2O3S. The standard InChI is InChI=1S/C12H13ClN2O3S/c13-10-3-2-9(7-14)11(6-10)19(17,18)15-12(8-16)4-1-5-12/h2-3,6,15-16H,1,4-5,8H2. The van der Waals surface area contributed by atoms with Gasteiger partial charge in [-0.3, -0.25) is 0 Å². The van der Waals surface area contributed by atoms with E-state index in [9.17, 15) is 13.5 Å². The molecule has 2 N–H and O–H groups in total. The van der Waals surface area contributed by atoms with E-state index in [0.29, 0.717) is 12.8 Å². The van der Waals surface area contributed by atoms with Crippen LogP contribution in [0, 0.1) is 11.3 Å². The van der Waals surface area contributed by atoms with E-state index < -0.39 is 15.6 Å². The van der Waals surface area contributed by atoms with Crippen molar-refractivity contribution in [3.8, 4) is 6.07 Å². The molecule has 1 aliphatic carbocycles. The van der Waals surface area contributed by atoms with Crippen LogP contribution in [0.2, 0.25) is 5.02 Å². The molecular weight excluding hydrogens is 288 g/mol. The van der Waals surface area contributed by atoms with Gasteiger partial charge in [0.05, 0.1) is 17.7 Å². The van der Waals surface area contributed by atoms with E-state index in [-0.39, 0.29) is 22.1 Å². The molecule has 0 bridgehead atoms. The predicted octanol–water partition coefficient (Wildman–Crippen LogP) is 1.40. The van der Waals surface area contributed by atoms with E-state index in [0.717, 1.165) is 6.42 Å². The van der Waals surface area contributed by atoms with Gasteiger partial charge in [-0.15, -0.1) is 0 Å². The average molecular weight is 301 g/mol. The molecule has 0 heterocycles. The zero-order chi connectivity index (χ0) is 14.1. The third-order valence-corrected chi connectivity index (χ3v) is 5.17. The summed E-state index contributed by atoms with van der Waals surface area (Å²) in [6.45, 7) is -0.255. The first-order chi connectivity index (χ1) is 8.92. The quantitative estimate of drug-likeness (QED) is 0.879. The van der Waals surface area contributed by atoms with Gasteiger partial charge in [-0.2, -0.15) is 5.26 Å². The monoisotopic (exact) mass is 300 g/mol. The van der Waals surface area contributed by atoms with E-state index in [1.807, 2.05) is 6.07 Å². The molecule has 102 valence electrons. The number of sulfonamides is 1. The molecule has 0 saturated heterocycles. The molecule has 0 aromatic heterocycles. The van der Waals surface area contributed by atoms with Gasteiger partial charge in [-0.1, -0.05) is 11.6 Å². The molecule has 0 radical (unpaired) electrons. The maximum atomic E-state index is 12.3. The lowest BCUT2D eigenvalue weighted by molar-refractivity contribution is 0.110. The van der Waals surface area contributed by atoms with Crippen LogP contribution in [-0.2, 0) is 10.0 Å². The molecule has 0 amide bonds. The number of nitriles is 1. The second-order valence-corrected chi connectivity index (χ2v) is 6.74. The Labute approximate surface area is 116 Å². The highest BCUT2D eigenvalue weighted by Crippen LogP contribution is 2.33. The van der Waals surface area contributed by atoms with Crippen molar-refractivity contribution in [3.05, 3.63) is 28.8 Å². The molecule has 0 spiro atoms. The Morgan fingerprint density at radius 1 is 1.47 bits per heavy atom. The van der Waals surface area contributed by atoms with Crippen LogP contribution in [0.3, 0.4) is 0 Å². The number of benzene rings is 1. The van der Waals surface area contributed by atoms with Gasteiger partial charge in [0, 0.05) is 5.02 Å². The minimum atomic E-state index is -3.87. The highest BCUT2D eigenvalue weighted by molar-refractivity contribution is 7.89. The molecule has 7 heteroatoms. The Bertz CT molecular complexity index is 627. The van der Waals surface area contributed by atoms with E-state index in [2.05, 4.69) is 4.72 Å². The number of nitrogens with one attached hydrogen (secondary N) is 1. The van der Waals surface area contributed by atoms with Crippen molar-refractivity contribution in [1.29, 1.82) is 5.26 Å². The fraction of sp³-hybridized carbons (Fsp3) is 0.417. The van der Waals surface area contributed by atoms with Crippen molar-refractivity contribution in [2.75, 3.05) is 6.61 Å². The van der Waals surface area contributed by atoms with Crippen LogP contribution in [-0.4, -0.2) is 25.7 Å². The number of hydrogen-bond acceptors (Lipinski definition) is 4. The molecule has 1 aliphatic rings. The molecule has 1 saturated carbocycles. The molecule has 1 aromatic rings. The van der Waals surface area contributed by atoms with Gasteiger partial charge in [-0.25, -0.2) is 13.1 Å². The van der Waals surface area contributed by atoms with Gasteiger partial charge in [-0.05, 0) is 37.5 Å². The number of aliphatic hydroxyl groups excluding tert-OH is 1. The van der Waals surface area contributed by atoms with Crippen LogP contribution in [0.15, 0.2) is 23.1 Å². The predicted molar refractivity (Wildman–Crippen MR) is 70.2 cm³/mol. The minimum absolute atomic E-state index is 0.0318. The fourth-order valence-corrected chi connectivity index (χ4v) is 3.92. The third-order valence-electron chi connectivity index (χ3n) is 3.32. The molecule has 1 fully saturated rings. The lowest BCUT2D eigenvalue weighted by atomic mass is 9.78. The van der Waals surface area contributed by atoms with Crippen LogP contribution in [0.5, 0.6) is 0 Å². The summed E-state index contributed by atoms with van der Waals surface area (Å²) < 4.78 is 27.1. The van der Waals surface area contributed by atoms with Crippen LogP contribution in [0.4, 0.5) is 0 Å². The molecule has 1 aromatic carbocycles. The lowest BCUT2D eigenvalue weighted by Crippen LogP contribution is -2.56. The Morgan fingerprint density at radius 3 is 2.63 bits per heavy atom. The number of hydrogen-bond donors (Lipinski definition) is 2. The summed E-state index contributed by atoms with van der Waals surface area (Å²) in [5.74, 6) is 0. The van der Waals surface area contributed by atoms with Crippen molar-refractivity contribution in [2.24, 2.45) is 0 Å². The number of rotatable bonds is 4. The van der Waals surface area contributed by atoms with E-state index in [1.165, 1.54) is 18.2 Å². The zero-order valence-corrected chi connectivity index (χ0v) is 11.6. The van der Waals surface area contributed by atoms with Crippen molar-refractivity contribution in [2.45, 2.75) is 29.7 Å². The third kappa shape index (κ3) is 2.74. The molecule has 5 nitrogen and oxygen atoms in total. The normalized spacial score (nSPS) is 17.5.